The van der Waals surface area contributed by atoms with Crippen molar-refractivity contribution in [3.8, 4) is 0 Å². The van der Waals surface area contributed by atoms with Crippen molar-refractivity contribution in [3.63, 3.8) is 0 Å². The number of alkyl halides is 2. The first-order chi connectivity index (χ1) is 17.5. The van der Waals surface area contributed by atoms with Gasteiger partial charge in [-0.2, -0.15) is 8.78 Å². The summed E-state index contributed by atoms with van der Waals surface area (Å²) >= 11 is 0. The number of anilines is 1. The van der Waals surface area contributed by atoms with Crippen molar-refractivity contribution in [2.75, 3.05) is 25.0 Å². The first-order valence-corrected chi connectivity index (χ1v) is 11.9. The summed E-state index contributed by atoms with van der Waals surface area (Å²) < 4.78 is 28.0. The van der Waals surface area contributed by atoms with Gasteiger partial charge in [-0.05, 0) is 62.1 Å². The molecule has 1 fully saturated rings. The highest BCUT2D eigenvalue weighted by Gasteiger charge is 2.33. The minimum Gasteiger partial charge on any atom is -0.390 e. The Hall–Kier alpha value is -3.92. The maximum Gasteiger partial charge on any atom is 0.296 e. The summed E-state index contributed by atoms with van der Waals surface area (Å²) in [5.74, 6) is -4.91. The highest BCUT2D eigenvalue weighted by molar-refractivity contribution is 6.42. The van der Waals surface area contributed by atoms with E-state index in [1.54, 1.807) is 42.2 Å². The SMILES string of the molecule is Cc1c([C@@H](C)NC(=O)C(=N)/C=C\C(=O)Nc2cccc(C(=O)N3CCCC3)c2)cccc1C(F)(F)CO. The average molecular weight is 513 g/mol. The average Bonchev–Trinajstić information content (AvgIpc) is 3.42. The molecule has 2 aromatic carbocycles. The van der Waals surface area contributed by atoms with E-state index < -0.39 is 36.1 Å². The number of amides is 3. The van der Waals surface area contributed by atoms with Crippen molar-refractivity contribution in [3.05, 3.63) is 76.9 Å². The molecule has 0 unspecified atom stereocenters. The molecular formula is C27H30F2N4O4. The molecule has 0 aliphatic carbocycles. The molecule has 3 amide bonds. The Morgan fingerprint density at radius 1 is 1.14 bits per heavy atom. The van der Waals surface area contributed by atoms with E-state index in [1.807, 2.05) is 0 Å². The second-order valence-corrected chi connectivity index (χ2v) is 8.89. The maximum atomic E-state index is 14.0. The predicted octanol–water partition coefficient (Wildman–Crippen LogP) is 3.71. The first kappa shape index (κ1) is 27.7. The molecule has 1 atom stereocenters. The van der Waals surface area contributed by atoms with Crippen LogP contribution in [0.15, 0.2) is 54.6 Å². The summed E-state index contributed by atoms with van der Waals surface area (Å²) in [6, 6.07) is 10.0. The first-order valence-electron chi connectivity index (χ1n) is 11.9. The summed E-state index contributed by atoms with van der Waals surface area (Å²) in [5, 5.41) is 22.1. The van der Waals surface area contributed by atoms with Crippen LogP contribution in [0.4, 0.5) is 14.5 Å². The van der Waals surface area contributed by atoms with E-state index in [0.29, 0.717) is 29.9 Å². The van der Waals surface area contributed by atoms with Crippen LogP contribution in [-0.4, -0.2) is 53.1 Å². The Morgan fingerprint density at radius 2 is 1.81 bits per heavy atom. The molecule has 1 heterocycles. The van der Waals surface area contributed by atoms with Crippen molar-refractivity contribution >= 4 is 29.1 Å². The lowest BCUT2D eigenvalue weighted by Crippen LogP contribution is -2.32. The van der Waals surface area contributed by atoms with Crippen LogP contribution < -0.4 is 10.6 Å². The van der Waals surface area contributed by atoms with Crippen molar-refractivity contribution in [1.29, 1.82) is 5.41 Å². The fourth-order valence-corrected chi connectivity index (χ4v) is 4.21. The van der Waals surface area contributed by atoms with Gasteiger partial charge in [-0.3, -0.25) is 19.8 Å². The minimum absolute atomic E-state index is 0.0995. The summed E-state index contributed by atoms with van der Waals surface area (Å²) in [5.41, 5.74) is 0.652. The van der Waals surface area contributed by atoms with E-state index in [1.165, 1.54) is 19.1 Å². The second kappa shape index (κ2) is 11.9. The van der Waals surface area contributed by atoms with Crippen molar-refractivity contribution in [1.82, 2.24) is 10.2 Å². The molecule has 0 saturated carbocycles. The normalized spacial score (nSPS) is 14.5. The van der Waals surface area contributed by atoms with Crippen LogP contribution in [0.25, 0.3) is 0 Å². The number of halogens is 2. The monoisotopic (exact) mass is 512 g/mol. The van der Waals surface area contributed by atoms with Gasteiger partial charge in [0.15, 0.2) is 0 Å². The van der Waals surface area contributed by atoms with Crippen LogP contribution >= 0.6 is 0 Å². The van der Waals surface area contributed by atoms with Gasteiger partial charge in [-0.25, -0.2) is 0 Å². The Labute approximate surface area is 213 Å². The highest BCUT2D eigenvalue weighted by Crippen LogP contribution is 2.33. The van der Waals surface area contributed by atoms with Crippen LogP contribution in [0.2, 0.25) is 0 Å². The number of nitrogens with one attached hydrogen (secondary N) is 3. The molecular weight excluding hydrogens is 482 g/mol. The van der Waals surface area contributed by atoms with E-state index in [0.717, 1.165) is 25.0 Å². The zero-order chi connectivity index (χ0) is 27.2. The number of benzene rings is 2. The Balaban J connectivity index is 1.59. The van der Waals surface area contributed by atoms with Gasteiger partial charge in [0.2, 0.25) is 5.91 Å². The molecule has 37 heavy (non-hydrogen) atoms. The summed E-state index contributed by atoms with van der Waals surface area (Å²) in [7, 11) is 0. The van der Waals surface area contributed by atoms with Crippen LogP contribution in [0.1, 0.15) is 52.9 Å². The van der Waals surface area contributed by atoms with Gasteiger partial charge in [0, 0.05) is 36.0 Å². The molecule has 0 bridgehead atoms. The summed E-state index contributed by atoms with van der Waals surface area (Å²) in [6.45, 7) is 3.14. The van der Waals surface area contributed by atoms with E-state index in [9.17, 15) is 23.2 Å². The third-order valence-corrected chi connectivity index (χ3v) is 6.20. The zero-order valence-electron chi connectivity index (χ0n) is 20.7. The Kier molecular flexibility index (Phi) is 8.88. The summed E-state index contributed by atoms with van der Waals surface area (Å²) in [6.07, 6.45) is 3.99. The number of carbonyl (C=O) groups excluding carboxylic acids is 3. The van der Waals surface area contributed by atoms with E-state index in [4.69, 9.17) is 10.5 Å². The topological polar surface area (TPSA) is 123 Å². The fourth-order valence-electron chi connectivity index (χ4n) is 4.21. The summed E-state index contributed by atoms with van der Waals surface area (Å²) in [4.78, 5) is 39.1. The quantitative estimate of drug-likeness (QED) is 0.302. The lowest BCUT2D eigenvalue weighted by atomic mass is 9.94. The zero-order valence-corrected chi connectivity index (χ0v) is 20.7. The van der Waals surface area contributed by atoms with Gasteiger partial charge >= 0.3 is 0 Å². The molecule has 196 valence electrons. The van der Waals surface area contributed by atoms with Crippen molar-refractivity contribution in [2.24, 2.45) is 0 Å². The minimum atomic E-state index is -3.42. The number of aliphatic hydroxyl groups is 1. The van der Waals surface area contributed by atoms with Crippen molar-refractivity contribution < 1.29 is 28.3 Å². The smallest absolute Gasteiger partial charge is 0.296 e. The van der Waals surface area contributed by atoms with Gasteiger partial charge in [0.1, 0.15) is 12.3 Å². The van der Waals surface area contributed by atoms with Crippen LogP contribution in [0.3, 0.4) is 0 Å². The molecule has 10 heteroatoms. The Morgan fingerprint density at radius 3 is 2.49 bits per heavy atom. The number of likely N-dealkylation sites (tertiary alicyclic amines) is 1. The molecule has 1 aliphatic heterocycles. The molecule has 4 N–H and O–H groups in total. The molecule has 1 aliphatic rings. The van der Waals surface area contributed by atoms with Gasteiger partial charge in [-0.1, -0.05) is 24.3 Å². The molecule has 2 aromatic rings. The van der Waals surface area contributed by atoms with Gasteiger partial charge in [-0.15, -0.1) is 0 Å². The van der Waals surface area contributed by atoms with Gasteiger partial charge in [0.25, 0.3) is 17.7 Å². The highest BCUT2D eigenvalue weighted by atomic mass is 19.3. The third-order valence-electron chi connectivity index (χ3n) is 6.20. The van der Waals surface area contributed by atoms with Gasteiger partial charge in [0.05, 0.1) is 6.04 Å². The standard InChI is InChI=1S/C27H30F2N4O4/c1-17-21(9-6-10-22(17)27(28,29)16-34)18(2)31-25(36)23(30)11-12-24(35)32-20-8-5-7-19(15-20)26(37)33-13-3-4-14-33/h5-12,15,18,30,34H,3-4,13-14,16H2,1-2H3,(H,31,36)(H,32,35)/b12-11-,30-23?/t18-/m1/s1. The molecule has 3 rings (SSSR count). The van der Waals surface area contributed by atoms with E-state index in [-0.39, 0.29) is 17.0 Å². The lowest BCUT2D eigenvalue weighted by molar-refractivity contribution is -0.115. The number of aliphatic hydroxyl groups excluding tert-OH is 1. The molecule has 0 spiro atoms. The Bertz CT molecular complexity index is 1220. The van der Waals surface area contributed by atoms with Gasteiger partial charge < -0.3 is 20.6 Å². The van der Waals surface area contributed by atoms with Crippen LogP contribution in [0.5, 0.6) is 0 Å². The van der Waals surface area contributed by atoms with E-state index in [2.05, 4.69) is 10.6 Å². The number of nitrogens with zero attached hydrogens (tertiary/aromatic N) is 1. The maximum absolute atomic E-state index is 14.0. The van der Waals surface area contributed by atoms with Crippen LogP contribution in [-0.2, 0) is 15.5 Å². The molecule has 0 radical (unpaired) electrons. The lowest BCUT2D eigenvalue weighted by Gasteiger charge is -2.22. The fraction of sp³-hybridized carbons (Fsp3) is 0.333. The number of rotatable bonds is 9. The number of carbonyl (C=O) groups is 3. The van der Waals surface area contributed by atoms with E-state index >= 15 is 0 Å². The molecule has 1 saturated heterocycles. The molecule has 0 aromatic heterocycles. The molecule has 8 nitrogen and oxygen atoms in total. The van der Waals surface area contributed by atoms with Crippen LogP contribution in [0, 0.1) is 12.3 Å². The third kappa shape index (κ3) is 6.85. The van der Waals surface area contributed by atoms with Crippen molar-refractivity contribution in [2.45, 2.75) is 38.7 Å². The largest absolute Gasteiger partial charge is 0.390 e. The number of hydrogen-bond donors (Lipinski definition) is 4. The predicted molar refractivity (Wildman–Crippen MR) is 136 cm³/mol. The number of hydrogen-bond acceptors (Lipinski definition) is 5. The second-order valence-electron chi connectivity index (χ2n) is 8.89.